The Kier molecular flexibility index (Phi) is 4.92. The van der Waals surface area contributed by atoms with Gasteiger partial charge < -0.3 is 9.64 Å². The van der Waals surface area contributed by atoms with E-state index in [1.165, 1.54) is 0 Å². The molecule has 1 amide bonds. The van der Waals surface area contributed by atoms with Crippen molar-refractivity contribution in [1.82, 2.24) is 4.90 Å². The van der Waals surface area contributed by atoms with Crippen LogP contribution >= 0.6 is 11.6 Å². The minimum atomic E-state index is -0.455. The molecule has 0 aliphatic carbocycles. The second kappa shape index (κ2) is 6.49. The molecule has 20 heavy (non-hydrogen) atoms. The van der Waals surface area contributed by atoms with Gasteiger partial charge in [0.2, 0.25) is 0 Å². The molecule has 1 aromatic carbocycles. The zero-order chi connectivity index (χ0) is 14.7. The standard InChI is InChI=1S/C16H22ClNO2/c1-11-6-8-18(9-7-11)16(19)13(3)20-14-4-5-15(17)12(2)10-14/h4-5,10-11,13H,6-9H2,1-3H3/t13-/m0/s1. The molecule has 1 atom stereocenters. The van der Waals surface area contributed by atoms with Crippen LogP contribution in [0.15, 0.2) is 18.2 Å². The SMILES string of the molecule is Cc1cc(O[C@@H](C)C(=O)N2CCC(C)CC2)ccc1Cl. The van der Waals surface area contributed by atoms with Crippen molar-refractivity contribution in [3.63, 3.8) is 0 Å². The highest BCUT2D eigenvalue weighted by molar-refractivity contribution is 6.31. The number of hydrogen-bond donors (Lipinski definition) is 0. The van der Waals surface area contributed by atoms with E-state index in [4.69, 9.17) is 16.3 Å². The number of amides is 1. The summed E-state index contributed by atoms with van der Waals surface area (Å²) in [6.07, 6.45) is 1.71. The van der Waals surface area contributed by atoms with Crippen molar-refractivity contribution in [2.75, 3.05) is 13.1 Å². The number of piperidine rings is 1. The summed E-state index contributed by atoms with van der Waals surface area (Å²) in [7, 11) is 0. The predicted molar refractivity (Wildman–Crippen MR) is 81.3 cm³/mol. The molecule has 1 aliphatic rings. The third-order valence-electron chi connectivity index (χ3n) is 3.89. The van der Waals surface area contributed by atoms with Gasteiger partial charge in [-0.2, -0.15) is 0 Å². The number of aryl methyl sites for hydroxylation is 1. The molecule has 1 heterocycles. The van der Waals surface area contributed by atoms with Gasteiger partial charge in [0.25, 0.3) is 5.91 Å². The molecule has 1 aliphatic heterocycles. The van der Waals surface area contributed by atoms with E-state index < -0.39 is 6.10 Å². The molecular weight excluding hydrogens is 274 g/mol. The Labute approximate surface area is 125 Å². The van der Waals surface area contributed by atoms with Gasteiger partial charge in [0.15, 0.2) is 6.10 Å². The zero-order valence-electron chi connectivity index (χ0n) is 12.4. The van der Waals surface area contributed by atoms with Gasteiger partial charge in [-0.05, 0) is 56.4 Å². The van der Waals surface area contributed by atoms with Crippen LogP contribution in [0.25, 0.3) is 0 Å². The summed E-state index contributed by atoms with van der Waals surface area (Å²) in [5.41, 5.74) is 0.954. The number of carbonyl (C=O) groups is 1. The minimum absolute atomic E-state index is 0.0736. The molecule has 0 aromatic heterocycles. The van der Waals surface area contributed by atoms with Crippen LogP contribution in [-0.2, 0) is 4.79 Å². The number of hydrogen-bond acceptors (Lipinski definition) is 2. The summed E-state index contributed by atoms with van der Waals surface area (Å²) in [5.74, 6) is 1.48. The van der Waals surface area contributed by atoms with Gasteiger partial charge in [-0.1, -0.05) is 18.5 Å². The van der Waals surface area contributed by atoms with Gasteiger partial charge in [0.05, 0.1) is 0 Å². The molecule has 1 aromatic rings. The second-order valence-corrected chi connectivity index (χ2v) is 6.09. The minimum Gasteiger partial charge on any atom is -0.481 e. The molecule has 1 fully saturated rings. The highest BCUT2D eigenvalue weighted by Crippen LogP contribution is 2.23. The number of likely N-dealkylation sites (tertiary alicyclic amines) is 1. The summed E-state index contributed by atoms with van der Waals surface area (Å²) in [4.78, 5) is 14.2. The lowest BCUT2D eigenvalue weighted by atomic mass is 9.99. The van der Waals surface area contributed by atoms with Gasteiger partial charge in [0.1, 0.15) is 5.75 Å². The molecular formula is C16H22ClNO2. The molecule has 1 saturated heterocycles. The first kappa shape index (κ1) is 15.2. The smallest absolute Gasteiger partial charge is 0.263 e. The summed E-state index contributed by atoms with van der Waals surface area (Å²) in [5, 5.41) is 0.710. The van der Waals surface area contributed by atoms with Crippen LogP contribution in [-0.4, -0.2) is 30.0 Å². The Morgan fingerprint density at radius 2 is 2.05 bits per heavy atom. The van der Waals surface area contributed by atoms with Gasteiger partial charge >= 0.3 is 0 Å². The van der Waals surface area contributed by atoms with E-state index >= 15 is 0 Å². The molecule has 110 valence electrons. The number of rotatable bonds is 3. The largest absolute Gasteiger partial charge is 0.481 e. The highest BCUT2D eigenvalue weighted by atomic mass is 35.5. The molecule has 4 heteroatoms. The number of benzene rings is 1. The Morgan fingerprint density at radius 1 is 1.40 bits per heavy atom. The lowest BCUT2D eigenvalue weighted by Gasteiger charge is -2.32. The lowest BCUT2D eigenvalue weighted by molar-refractivity contribution is -0.139. The van der Waals surface area contributed by atoms with Gasteiger partial charge in [-0.15, -0.1) is 0 Å². The Hall–Kier alpha value is -1.22. The first-order chi connectivity index (χ1) is 9.47. The van der Waals surface area contributed by atoms with Crippen LogP contribution in [0.4, 0.5) is 0 Å². The fourth-order valence-electron chi connectivity index (χ4n) is 2.43. The van der Waals surface area contributed by atoms with Crippen LogP contribution in [0.2, 0.25) is 5.02 Å². The van der Waals surface area contributed by atoms with Crippen LogP contribution < -0.4 is 4.74 Å². The van der Waals surface area contributed by atoms with Crippen molar-refractivity contribution < 1.29 is 9.53 Å². The average molecular weight is 296 g/mol. The van der Waals surface area contributed by atoms with E-state index in [-0.39, 0.29) is 5.91 Å². The summed E-state index contributed by atoms with van der Waals surface area (Å²) < 4.78 is 5.74. The van der Waals surface area contributed by atoms with E-state index in [0.717, 1.165) is 31.5 Å². The molecule has 0 radical (unpaired) electrons. The fourth-order valence-corrected chi connectivity index (χ4v) is 2.55. The third-order valence-corrected chi connectivity index (χ3v) is 4.31. The fraction of sp³-hybridized carbons (Fsp3) is 0.562. The molecule has 0 bridgehead atoms. The number of carbonyl (C=O) groups excluding carboxylic acids is 1. The predicted octanol–water partition coefficient (Wildman–Crippen LogP) is 3.67. The molecule has 0 unspecified atom stereocenters. The number of halogens is 1. The maximum Gasteiger partial charge on any atom is 0.263 e. The van der Waals surface area contributed by atoms with Crippen LogP contribution in [0.3, 0.4) is 0 Å². The number of nitrogens with zero attached hydrogens (tertiary/aromatic N) is 1. The van der Waals surface area contributed by atoms with Crippen molar-refractivity contribution in [1.29, 1.82) is 0 Å². The van der Waals surface area contributed by atoms with Gasteiger partial charge in [-0.25, -0.2) is 0 Å². The molecule has 3 nitrogen and oxygen atoms in total. The first-order valence-corrected chi connectivity index (χ1v) is 7.56. The van der Waals surface area contributed by atoms with Gasteiger partial charge in [-0.3, -0.25) is 4.79 Å². The normalized spacial score (nSPS) is 17.9. The van der Waals surface area contributed by atoms with Gasteiger partial charge in [0, 0.05) is 18.1 Å². The topological polar surface area (TPSA) is 29.5 Å². The quantitative estimate of drug-likeness (QED) is 0.851. The Balaban J connectivity index is 1.95. The Bertz CT molecular complexity index is 481. The third kappa shape index (κ3) is 3.66. The average Bonchev–Trinajstić information content (AvgIpc) is 2.43. The van der Waals surface area contributed by atoms with Crippen LogP contribution in [0.5, 0.6) is 5.75 Å². The molecule has 0 saturated carbocycles. The van der Waals surface area contributed by atoms with E-state index in [1.54, 1.807) is 12.1 Å². The van der Waals surface area contributed by atoms with E-state index in [9.17, 15) is 4.79 Å². The van der Waals surface area contributed by atoms with E-state index in [2.05, 4.69) is 6.92 Å². The second-order valence-electron chi connectivity index (χ2n) is 5.68. The van der Waals surface area contributed by atoms with Crippen LogP contribution in [0.1, 0.15) is 32.3 Å². The maximum absolute atomic E-state index is 12.3. The zero-order valence-corrected chi connectivity index (χ0v) is 13.1. The van der Waals surface area contributed by atoms with Crippen molar-refractivity contribution >= 4 is 17.5 Å². The molecule has 0 N–H and O–H groups in total. The molecule has 2 rings (SSSR count). The van der Waals surface area contributed by atoms with Crippen molar-refractivity contribution in [3.05, 3.63) is 28.8 Å². The summed E-state index contributed by atoms with van der Waals surface area (Å²) in [6, 6.07) is 5.47. The van der Waals surface area contributed by atoms with Crippen molar-refractivity contribution in [3.8, 4) is 5.75 Å². The monoisotopic (exact) mass is 295 g/mol. The maximum atomic E-state index is 12.3. The lowest BCUT2D eigenvalue weighted by Crippen LogP contribution is -2.44. The summed E-state index contributed by atoms with van der Waals surface area (Å²) >= 11 is 5.98. The highest BCUT2D eigenvalue weighted by Gasteiger charge is 2.25. The summed E-state index contributed by atoms with van der Waals surface area (Å²) in [6.45, 7) is 7.65. The van der Waals surface area contributed by atoms with E-state index in [1.807, 2.05) is 24.8 Å². The number of ether oxygens (including phenoxy) is 1. The van der Waals surface area contributed by atoms with E-state index in [0.29, 0.717) is 16.7 Å². The Morgan fingerprint density at radius 3 is 2.65 bits per heavy atom. The van der Waals surface area contributed by atoms with Crippen molar-refractivity contribution in [2.24, 2.45) is 5.92 Å². The molecule has 0 spiro atoms. The van der Waals surface area contributed by atoms with Crippen LogP contribution in [0, 0.1) is 12.8 Å². The van der Waals surface area contributed by atoms with Crippen molar-refractivity contribution in [2.45, 2.75) is 39.7 Å². The first-order valence-electron chi connectivity index (χ1n) is 7.19.